The van der Waals surface area contributed by atoms with E-state index in [0.717, 1.165) is 17.0 Å². The first-order valence-corrected chi connectivity index (χ1v) is 13.0. The lowest BCUT2D eigenvalue weighted by atomic mass is 10.2. The van der Waals surface area contributed by atoms with Gasteiger partial charge >= 0.3 is 0 Å². The summed E-state index contributed by atoms with van der Waals surface area (Å²) in [5, 5.41) is 3.83. The summed E-state index contributed by atoms with van der Waals surface area (Å²) in [6.07, 6.45) is 1.36. The van der Waals surface area contributed by atoms with Gasteiger partial charge in [-0.3, -0.25) is 8.98 Å². The van der Waals surface area contributed by atoms with Gasteiger partial charge in [0, 0.05) is 20.2 Å². The van der Waals surface area contributed by atoms with Crippen molar-refractivity contribution in [2.24, 2.45) is 0 Å². The molecule has 0 amide bonds. The molecule has 10 heteroatoms. The van der Waals surface area contributed by atoms with Crippen molar-refractivity contribution >= 4 is 29.8 Å². The lowest BCUT2D eigenvalue weighted by Crippen LogP contribution is -2.28. The Hall–Kier alpha value is -0.743. The average Bonchev–Trinajstić information content (AvgIpc) is 2.36. The zero-order valence-electron chi connectivity index (χ0n) is 14.0. The van der Waals surface area contributed by atoms with E-state index in [1.54, 1.807) is 0 Å². The fourth-order valence-electron chi connectivity index (χ4n) is 1.70. The van der Waals surface area contributed by atoms with Crippen LogP contribution in [0, 0.1) is 0 Å². The van der Waals surface area contributed by atoms with Crippen molar-refractivity contribution in [2.45, 2.75) is 45.4 Å². The van der Waals surface area contributed by atoms with Gasteiger partial charge in [-0.2, -0.15) is 13.5 Å². The van der Waals surface area contributed by atoms with Crippen LogP contribution in [0.5, 0.6) is 0 Å². The molecule has 0 aromatic carbocycles. The maximum atomic E-state index is 12.1. The summed E-state index contributed by atoms with van der Waals surface area (Å²) in [7, 11) is -4.86. The Morgan fingerprint density at radius 1 is 1.39 bits per heavy atom. The molecule has 1 aromatic rings. The Morgan fingerprint density at radius 3 is 2.52 bits per heavy atom. The molecule has 132 valence electrons. The highest BCUT2D eigenvalue weighted by atomic mass is 35.5. The molecular weight excluding hydrogens is 360 g/mol. The molecule has 0 aliphatic rings. The predicted molar refractivity (Wildman–Crippen MR) is 92.0 cm³/mol. The highest BCUT2D eigenvalue weighted by Gasteiger charge is 2.19. The van der Waals surface area contributed by atoms with Crippen LogP contribution in [0.3, 0.4) is 0 Å². The smallest absolute Gasteiger partial charge is 0.288 e. The second kappa shape index (κ2) is 7.89. The van der Waals surface area contributed by atoms with Crippen LogP contribution in [0.1, 0.15) is 18.6 Å². The lowest BCUT2D eigenvalue weighted by molar-refractivity contribution is 0.0746. The maximum absolute atomic E-state index is 12.1. The van der Waals surface area contributed by atoms with E-state index in [1.807, 2.05) is 0 Å². The molecule has 0 fully saturated rings. The fraction of sp³-hybridized carbons (Fsp3) is 0.692. The number of rotatable bonds is 8. The molecule has 7 nitrogen and oxygen atoms in total. The van der Waals surface area contributed by atoms with Gasteiger partial charge < -0.3 is 4.74 Å². The zero-order valence-corrected chi connectivity index (χ0v) is 16.6. The predicted octanol–water partition coefficient (Wildman–Crippen LogP) is 2.25. The normalized spacial score (nSPS) is 14.0. The third-order valence-electron chi connectivity index (χ3n) is 2.98. The Balaban J connectivity index is 2.80. The molecule has 1 rings (SSSR count). The second-order valence-electron chi connectivity index (χ2n) is 6.51. The van der Waals surface area contributed by atoms with Crippen molar-refractivity contribution in [1.82, 2.24) is 9.78 Å². The Labute approximate surface area is 142 Å². The third-order valence-corrected chi connectivity index (χ3v) is 5.70. The molecule has 0 saturated heterocycles. The topological polar surface area (TPSA) is 87.5 Å². The van der Waals surface area contributed by atoms with E-state index in [1.165, 1.54) is 13.1 Å². The van der Waals surface area contributed by atoms with E-state index in [2.05, 4.69) is 24.7 Å². The van der Waals surface area contributed by atoms with Crippen LogP contribution in [0.25, 0.3) is 0 Å². The monoisotopic (exact) mass is 382 g/mol. The summed E-state index contributed by atoms with van der Waals surface area (Å²) in [6.45, 7) is 8.74. The minimum Gasteiger partial charge on any atom is -0.359 e. The first-order valence-electron chi connectivity index (χ1n) is 7.12. The van der Waals surface area contributed by atoms with Gasteiger partial charge in [0.1, 0.15) is 17.9 Å². The van der Waals surface area contributed by atoms with Gasteiger partial charge in [-0.05, 0) is 13.0 Å². The minimum atomic E-state index is -3.66. The van der Waals surface area contributed by atoms with E-state index in [4.69, 9.17) is 20.5 Å². The van der Waals surface area contributed by atoms with Gasteiger partial charge in [0.05, 0.1) is 12.5 Å². The minimum absolute atomic E-state index is 0.00459. The van der Waals surface area contributed by atoms with Crippen molar-refractivity contribution in [3.05, 3.63) is 27.1 Å². The van der Waals surface area contributed by atoms with Crippen molar-refractivity contribution in [3.63, 3.8) is 0 Å². The van der Waals surface area contributed by atoms with E-state index >= 15 is 0 Å². The zero-order chi connectivity index (χ0) is 17.8. The molecule has 1 heterocycles. The molecule has 0 saturated carbocycles. The molecule has 0 bridgehead atoms. The van der Waals surface area contributed by atoms with Crippen molar-refractivity contribution in [3.8, 4) is 0 Å². The number of halogens is 1. The summed E-state index contributed by atoms with van der Waals surface area (Å²) in [4.78, 5) is 12.1. The largest absolute Gasteiger partial charge is 0.359 e. The van der Waals surface area contributed by atoms with Gasteiger partial charge in [0.15, 0.2) is 0 Å². The first-order chi connectivity index (χ1) is 10.4. The summed E-state index contributed by atoms with van der Waals surface area (Å²) < 4.78 is 33.7. The van der Waals surface area contributed by atoms with Gasteiger partial charge in [-0.25, -0.2) is 4.68 Å². The molecule has 1 unspecified atom stereocenters. The van der Waals surface area contributed by atoms with Crippen LogP contribution in [0.2, 0.25) is 30.7 Å². The van der Waals surface area contributed by atoms with E-state index in [9.17, 15) is 13.2 Å². The molecule has 0 aliphatic heterocycles. The molecule has 0 N–H and O–H groups in total. The summed E-state index contributed by atoms with van der Waals surface area (Å²) in [5.74, 6) is 0. The Morgan fingerprint density at radius 2 is 2.00 bits per heavy atom. The second-order valence-corrected chi connectivity index (χ2v) is 14.1. The quantitative estimate of drug-likeness (QED) is 0.389. The molecule has 0 spiro atoms. The van der Waals surface area contributed by atoms with Crippen LogP contribution >= 0.6 is 11.6 Å². The van der Waals surface area contributed by atoms with Crippen LogP contribution in [-0.4, -0.2) is 39.1 Å². The van der Waals surface area contributed by atoms with Gasteiger partial charge in [0.25, 0.3) is 15.7 Å². The van der Waals surface area contributed by atoms with Crippen LogP contribution in [0.15, 0.2) is 11.0 Å². The molecule has 23 heavy (non-hydrogen) atoms. The summed E-state index contributed by atoms with van der Waals surface area (Å²) in [5.41, 5.74) is -0.318. The van der Waals surface area contributed by atoms with Crippen molar-refractivity contribution in [2.75, 3.05) is 12.9 Å². The van der Waals surface area contributed by atoms with Gasteiger partial charge in [0.2, 0.25) is 0 Å². The lowest BCUT2D eigenvalue weighted by Gasteiger charge is -2.16. The average molecular weight is 383 g/mol. The van der Waals surface area contributed by atoms with E-state index < -0.39 is 29.9 Å². The molecular formula is C13H23ClN2O5SSi. The fourth-order valence-corrected chi connectivity index (χ4v) is 3.38. The molecule has 1 aromatic heterocycles. The number of aromatic nitrogens is 2. The first kappa shape index (κ1) is 20.3. The Bertz CT molecular complexity index is 699. The van der Waals surface area contributed by atoms with Crippen LogP contribution in [0.4, 0.5) is 0 Å². The highest BCUT2D eigenvalue weighted by Crippen LogP contribution is 2.22. The number of hydrogen-bond donors (Lipinski definition) is 0. The van der Waals surface area contributed by atoms with Crippen LogP contribution < -0.4 is 5.56 Å². The Kier molecular flexibility index (Phi) is 6.96. The highest BCUT2D eigenvalue weighted by molar-refractivity contribution is 7.86. The van der Waals surface area contributed by atoms with Gasteiger partial charge in [-0.15, -0.1) is 0 Å². The third kappa shape index (κ3) is 7.13. The maximum Gasteiger partial charge on any atom is 0.288 e. The van der Waals surface area contributed by atoms with Crippen LogP contribution in [-0.2, 0) is 25.8 Å². The SMILES string of the molecule is CC(OS(C)(=O)=O)c1cnn(COCC[Si](C)(C)C)c(=O)c1Cl. The standard InChI is InChI=1S/C13H23ClN2O5SSi/c1-10(21-22(2,18)19)11-8-15-16(13(17)12(11)14)9-20-6-7-23(3,4)5/h8,10H,6-7,9H2,1-5H3. The molecule has 0 radical (unpaired) electrons. The van der Waals surface area contributed by atoms with E-state index in [0.29, 0.717) is 6.61 Å². The number of nitrogens with zero attached hydrogens (tertiary/aromatic N) is 2. The van der Waals surface area contributed by atoms with E-state index in [-0.39, 0.29) is 17.3 Å². The van der Waals surface area contributed by atoms with Gasteiger partial charge in [-0.1, -0.05) is 31.2 Å². The number of ether oxygens (including phenoxy) is 1. The van der Waals surface area contributed by atoms with Crippen molar-refractivity contribution < 1.29 is 17.3 Å². The molecule has 1 atom stereocenters. The number of hydrogen-bond acceptors (Lipinski definition) is 6. The summed E-state index contributed by atoms with van der Waals surface area (Å²) >= 11 is 6.01. The van der Waals surface area contributed by atoms with Crippen molar-refractivity contribution in [1.29, 1.82) is 0 Å². The summed E-state index contributed by atoms with van der Waals surface area (Å²) in [6, 6.07) is 0.979. The molecule has 0 aliphatic carbocycles.